The molecule has 9 heteroatoms. The van der Waals surface area contributed by atoms with Crippen LogP contribution >= 0.6 is 11.3 Å². The Balaban J connectivity index is 1.92. The summed E-state index contributed by atoms with van der Waals surface area (Å²) in [7, 11) is 1.86. The number of nitrogens with zero attached hydrogens (tertiary/aromatic N) is 6. The van der Waals surface area contributed by atoms with Gasteiger partial charge in [0.15, 0.2) is 10.8 Å². The molecule has 0 unspecified atom stereocenters. The van der Waals surface area contributed by atoms with Gasteiger partial charge < -0.3 is 0 Å². The number of halogens is 2. The summed E-state index contributed by atoms with van der Waals surface area (Å²) in [6, 6.07) is 3.21. The van der Waals surface area contributed by atoms with Crippen molar-refractivity contribution in [2.24, 2.45) is 7.05 Å². The van der Waals surface area contributed by atoms with Crippen LogP contribution < -0.4 is 0 Å². The first kappa shape index (κ1) is 14.9. The molecule has 24 heavy (non-hydrogen) atoms. The summed E-state index contributed by atoms with van der Waals surface area (Å²) >= 11 is 1.33. The highest BCUT2D eigenvalue weighted by atomic mass is 32.1. The number of aryl methyl sites for hydroxylation is 2. The largest absolute Gasteiger partial charge is 0.272 e. The van der Waals surface area contributed by atoms with Gasteiger partial charge in [-0.2, -0.15) is 14.7 Å². The first-order valence-electron chi connectivity index (χ1n) is 7.14. The molecule has 0 atom stereocenters. The average Bonchev–Trinajstić information content (AvgIpc) is 3.16. The van der Waals surface area contributed by atoms with Crippen LogP contribution in [0.25, 0.3) is 26.9 Å². The van der Waals surface area contributed by atoms with E-state index < -0.39 is 11.6 Å². The molecule has 0 radical (unpaired) electrons. The smallest absolute Gasteiger partial charge is 0.235 e. The molecule has 0 spiro atoms. The van der Waals surface area contributed by atoms with Crippen molar-refractivity contribution >= 4 is 16.3 Å². The maximum atomic E-state index is 14.0. The Morgan fingerprint density at radius 2 is 1.88 bits per heavy atom. The van der Waals surface area contributed by atoms with Gasteiger partial charge in [0.1, 0.15) is 11.6 Å². The van der Waals surface area contributed by atoms with Crippen molar-refractivity contribution in [3.8, 4) is 22.0 Å². The van der Waals surface area contributed by atoms with E-state index in [1.165, 1.54) is 15.9 Å². The van der Waals surface area contributed by atoms with Gasteiger partial charge in [0.05, 0.1) is 16.8 Å². The predicted molar refractivity (Wildman–Crippen MR) is 85.7 cm³/mol. The third-order valence-corrected chi connectivity index (χ3v) is 4.80. The normalized spacial score (nSPS) is 11.5. The van der Waals surface area contributed by atoms with Crippen molar-refractivity contribution in [2.45, 2.75) is 13.8 Å². The van der Waals surface area contributed by atoms with Crippen molar-refractivity contribution in [1.82, 2.24) is 29.6 Å². The molecule has 6 nitrogen and oxygen atoms in total. The molecular weight excluding hydrogens is 334 g/mol. The Morgan fingerprint density at radius 1 is 1.08 bits per heavy atom. The lowest BCUT2D eigenvalue weighted by Gasteiger charge is -2.00. The molecule has 4 aromatic rings. The quantitative estimate of drug-likeness (QED) is 0.559. The number of aromatic nitrogens is 6. The van der Waals surface area contributed by atoms with E-state index in [-0.39, 0.29) is 11.4 Å². The highest BCUT2D eigenvalue weighted by Crippen LogP contribution is 2.32. The van der Waals surface area contributed by atoms with Crippen LogP contribution in [0, 0.1) is 25.5 Å². The summed E-state index contributed by atoms with van der Waals surface area (Å²) < 4.78 is 30.7. The Bertz CT molecular complexity index is 1080. The van der Waals surface area contributed by atoms with Gasteiger partial charge in [0.2, 0.25) is 4.96 Å². The maximum absolute atomic E-state index is 14.0. The summed E-state index contributed by atoms with van der Waals surface area (Å²) in [5, 5.41) is 17.6. The lowest BCUT2D eigenvalue weighted by molar-refractivity contribution is 0.601. The number of hydrogen-bond acceptors (Lipinski definition) is 5. The van der Waals surface area contributed by atoms with E-state index in [0.29, 0.717) is 9.97 Å². The Kier molecular flexibility index (Phi) is 3.20. The van der Waals surface area contributed by atoms with Crippen LogP contribution in [0.5, 0.6) is 0 Å². The third-order valence-electron chi connectivity index (χ3n) is 3.88. The zero-order chi connectivity index (χ0) is 17.0. The minimum Gasteiger partial charge on any atom is -0.272 e. The van der Waals surface area contributed by atoms with Crippen LogP contribution in [0.1, 0.15) is 11.4 Å². The van der Waals surface area contributed by atoms with Gasteiger partial charge in [-0.15, -0.1) is 10.2 Å². The van der Waals surface area contributed by atoms with Gasteiger partial charge in [0.25, 0.3) is 0 Å². The second kappa shape index (κ2) is 5.17. The fourth-order valence-corrected chi connectivity index (χ4v) is 3.63. The molecule has 0 saturated carbocycles. The van der Waals surface area contributed by atoms with Gasteiger partial charge in [-0.1, -0.05) is 11.3 Å². The third kappa shape index (κ3) is 2.12. The zero-order valence-electron chi connectivity index (χ0n) is 13.1. The summed E-state index contributed by atoms with van der Waals surface area (Å²) in [6.45, 7) is 3.85. The van der Waals surface area contributed by atoms with Crippen molar-refractivity contribution in [1.29, 1.82) is 0 Å². The molecule has 122 valence electrons. The van der Waals surface area contributed by atoms with Crippen LogP contribution in [0.3, 0.4) is 0 Å². The summed E-state index contributed by atoms with van der Waals surface area (Å²) in [4.78, 5) is 0.506. The van der Waals surface area contributed by atoms with E-state index in [9.17, 15) is 8.78 Å². The number of rotatable bonds is 2. The fourth-order valence-electron chi connectivity index (χ4n) is 2.64. The molecule has 0 saturated heterocycles. The van der Waals surface area contributed by atoms with Crippen LogP contribution in [0.4, 0.5) is 8.78 Å². The van der Waals surface area contributed by atoms with Crippen LogP contribution in [0.2, 0.25) is 0 Å². The molecule has 4 rings (SSSR count). The zero-order valence-corrected chi connectivity index (χ0v) is 13.9. The number of benzene rings is 1. The SMILES string of the molecule is Cc1nn(C)c(C)c1-c1nn2c(-c3cc(F)ccc3F)nnc2s1. The maximum Gasteiger partial charge on any atom is 0.235 e. The van der Waals surface area contributed by atoms with Gasteiger partial charge in [0, 0.05) is 12.7 Å². The molecule has 0 amide bonds. The molecule has 0 aliphatic carbocycles. The van der Waals surface area contributed by atoms with Crippen molar-refractivity contribution < 1.29 is 8.78 Å². The topological polar surface area (TPSA) is 60.9 Å². The van der Waals surface area contributed by atoms with Crippen molar-refractivity contribution in [2.75, 3.05) is 0 Å². The highest BCUT2D eigenvalue weighted by molar-refractivity contribution is 7.19. The van der Waals surface area contributed by atoms with E-state index in [4.69, 9.17) is 0 Å². The van der Waals surface area contributed by atoms with Gasteiger partial charge in [-0.3, -0.25) is 4.68 Å². The van der Waals surface area contributed by atoms with Gasteiger partial charge in [-0.05, 0) is 32.0 Å². The first-order chi connectivity index (χ1) is 11.5. The van der Waals surface area contributed by atoms with Crippen LogP contribution in [-0.4, -0.2) is 29.6 Å². The van der Waals surface area contributed by atoms with Gasteiger partial charge >= 0.3 is 0 Å². The number of hydrogen-bond donors (Lipinski definition) is 0. The summed E-state index contributed by atoms with van der Waals surface area (Å²) in [6.07, 6.45) is 0. The highest BCUT2D eigenvalue weighted by Gasteiger charge is 2.21. The molecule has 0 aliphatic heterocycles. The number of fused-ring (bicyclic) bond motifs is 1. The molecule has 3 heterocycles. The monoisotopic (exact) mass is 346 g/mol. The minimum absolute atomic E-state index is 0.0268. The molecule has 1 aromatic carbocycles. The minimum atomic E-state index is -0.575. The molecule has 0 fully saturated rings. The molecule has 0 bridgehead atoms. The first-order valence-corrected chi connectivity index (χ1v) is 7.95. The van der Waals surface area contributed by atoms with Crippen molar-refractivity contribution in [3.05, 3.63) is 41.2 Å². The lowest BCUT2D eigenvalue weighted by Crippen LogP contribution is -1.95. The summed E-state index contributed by atoms with van der Waals surface area (Å²) in [5.74, 6) is -0.949. The second-order valence-electron chi connectivity index (χ2n) is 5.42. The Hall–Kier alpha value is -2.68. The molecule has 0 N–H and O–H groups in total. The van der Waals surface area contributed by atoms with Crippen molar-refractivity contribution in [3.63, 3.8) is 0 Å². The predicted octanol–water partition coefficient (Wildman–Crippen LogP) is 3.15. The van der Waals surface area contributed by atoms with Crippen LogP contribution in [0.15, 0.2) is 18.2 Å². The molecular formula is C15H12F2N6S. The van der Waals surface area contributed by atoms with E-state index in [0.717, 1.165) is 35.2 Å². The Labute approximate surface area is 139 Å². The molecule has 3 aromatic heterocycles. The van der Waals surface area contributed by atoms with Crippen LogP contribution in [-0.2, 0) is 7.05 Å². The van der Waals surface area contributed by atoms with E-state index in [2.05, 4.69) is 20.4 Å². The fraction of sp³-hybridized carbons (Fsp3) is 0.200. The Morgan fingerprint density at radius 3 is 2.58 bits per heavy atom. The average molecular weight is 346 g/mol. The second-order valence-corrected chi connectivity index (χ2v) is 6.37. The summed E-state index contributed by atoms with van der Waals surface area (Å²) in [5.41, 5.74) is 2.76. The van der Waals surface area contributed by atoms with E-state index in [1.807, 2.05) is 20.9 Å². The lowest BCUT2D eigenvalue weighted by atomic mass is 10.2. The molecule has 0 aliphatic rings. The van der Waals surface area contributed by atoms with E-state index >= 15 is 0 Å². The van der Waals surface area contributed by atoms with E-state index in [1.54, 1.807) is 4.68 Å². The standard InChI is InChI=1S/C15H12F2N6S/c1-7-12(8(2)22(3)20-7)14-21-23-13(18-19-15(23)24-14)10-6-9(16)4-5-11(10)17/h4-6H,1-3H3. The van der Waals surface area contributed by atoms with Gasteiger partial charge in [-0.25, -0.2) is 8.78 Å².